The smallest absolute Gasteiger partial charge is 0.0685 e. The van der Waals surface area contributed by atoms with Crippen LogP contribution in [0.15, 0.2) is 24.5 Å². The third-order valence-corrected chi connectivity index (χ3v) is 4.64. The first kappa shape index (κ1) is 12.1. The van der Waals surface area contributed by atoms with Gasteiger partial charge in [-0.15, -0.1) is 0 Å². The van der Waals surface area contributed by atoms with Gasteiger partial charge in [-0.05, 0) is 49.3 Å². The van der Waals surface area contributed by atoms with Crippen molar-refractivity contribution >= 4 is 0 Å². The van der Waals surface area contributed by atoms with E-state index in [1.807, 2.05) is 24.5 Å². The number of aromatic nitrogens is 1. The van der Waals surface area contributed by atoms with Gasteiger partial charge in [-0.3, -0.25) is 4.98 Å². The molecule has 1 aliphatic heterocycles. The molecule has 2 N–H and O–H groups in total. The Kier molecular flexibility index (Phi) is 3.35. The summed E-state index contributed by atoms with van der Waals surface area (Å²) < 4.78 is 6.07. The summed E-state index contributed by atoms with van der Waals surface area (Å²) in [6, 6.07) is 4.22. The molecule has 3 heteroatoms. The van der Waals surface area contributed by atoms with Crippen LogP contribution in [0.25, 0.3) is 0 Å². The molecule has 2 fully saturated rings. The van der Waals surface area contributed by atoms with Crippen LogP contribution in [0.3, 0.4) is 0 Å². The van der Waals surface area contributed by atoms with Gasteiger partial charge in [0.05, 0.1) is 5.60 Å². The molecule has 2 aliphatic rings. The number of ether oxygens (including phenoxy) is 1. The Morgan fingerprint density at radius 1 is 1.28 bits per heavy atom. The Morgan fingerprint density at radius 2 is 2.00 bits per heavy atom. The van der Waals surface area contributed by atoms with Crippen molar-refractivity contribution in [1.82, 2.24) is 4.98 Å². The zero-order chi connectivity index (χ0) is 12.4. The van der Waals surface area contributed by atoms with Gasteiger partial charge in [0.15, 0.2) is 0 Å². The Bertz CT molecular complexity index is 387. The highest BCUT2D eigenvalue weighted by Gasteiger charge is 2.41. The van der Waals surface area contributed by atoms with Gasteiger partial charge in [-0.25, -0.2) is 0 Å². The molecule has 98 valence electrons. The Hall–Kier alpha value is -0.930. The lowest BCUT2D eigenvalue weighted by Crippen LogP contribution is -2.40. The summed E-state index contributed by atoms with van der Waals surface area (Å²) in [4.78, 5) is 4.06. The van der Waals surface area contributed by atoms with Gasteiger partial charge in [0.1, 0.15) is 0 Å². The van der Waals surface area contributed by atoms with Crippen LogP contribution in [0.1, 0.15) is 50.1 Å². The quantitative estimate of drug-likeness (QED) is 0.873. The predicted molar refractivity (Wildman–Crippen MR) is 71.0 cm³/mol. The minimum Gasteiger partial charge on any atom is -0.375 e. The third kappa shape index (κ3) is 2.29. The maximum absolute atomic E-state index is 6.44. The molecule has 1 aromatic rings. The lowest BCUT2D eigenvalue weighted by Gasteiger charge is -2.40. The first-order valence-corrected chi connectivity index (χ1v) is 7.09. The molecule has 2 heterocycles. The fourth-order valence-electron chi connectivity index (χ4n) is 3.60. The standard InChI is InChI=1S/C15H22N2O/c16-14(12-3-8-17-9-4-12)13-5-10-18-15(11-13)6-1-2-7-15/h3-4,8-9,13-14H,1-2,5-7,10-11,16H2. The SMILES string of the molecule is NC(c1ccncc1)C1CCOC2(CCCC2)C1. The van der Waals surface area contributed by atoms with E-state index in [0.717, 1.165) is 19.4 Å². The van der Waals surface area contributed by atoms with Crippen LogP contribution in [-0.4, -0.2) is 17.2 Å². The van der Waals surface area contributed by atoms with Crippen LogP contribution in [0, 0.1) is 5.92 Å². The van der Waals surface area contributed by atoms with Crippen molar-refractivity contribution in [2.75, 3.05) is 6.61 Å². The molecule has 1 saturated heterocycles. The normalized spacial score (nSPS) is 28.4. The van der Waals surface area contributed by atoms with Crippen LogP contribution < -0.4 is 5.73 Å². The molecule has 0 bridgehead atoms. The maximum atomic E-state index is 6.44. The van der Waals surface area contributed by atoms with Gasteiger partial charge in [-0.2, -0.15) is 0 Å². The van der Waals surface area contributed by atoms with Crippen molar-refractivity contribution in [3.05, 3.63) is 30.1 Å². The van der Waals surface area contributed by atoms with E-state index >= 15 is 0 Å². The maximum Gasteiger partial charge on any atom is 0.0685 e. The second-order valence-corrected chi connectivity index (χ2v) is 5.80. The average Bonchev–Trinajstić information content (AvgIpc) is 2.87. The number of nitrogens with zero attached hydrogens (tertiary/aromatic N) is 1. The summed E-state index contributed by atoms with van der Waals surface area (Å²) in [5, 5.41) is 0. The minimum absolute atomic E-state index is 0.134. The van der Waals surface area contributed by atoms with E-state index in [1.165, 1.54) is 31.2 Å². The van der Waals surface area contributed by atoms with Crippen LogP contribution in [0.5, 0.6) is 0 Å². The Morgan fingerprint density at radius 3 is 2.72 bits per heavy atom. The molecule has 3 rings (SSSR count). The number of rotatable bonds is 2. The van der Waals surface area contributed by atoms with Gasteiger partial charge in [-0.1, -0.05) is 12.8 Å². The van der Waals surface area contributed by atoms with Crippen molar-refractivity contribution in [3.63, 3.8) is 0 Å². The molecular formula is C15H22N2O. The van der Waals surface area contributed by atoms with Crippen LogP contribution >= 0.6 is 0 Å². The lowest BCUT2D eigenvalue weighted by atomic mass is 9.79. The lowest BCUT2D eigenvalue weighted by molar-refractivity contribution is -0.0963. The first-order valence-electron chi connectivity index (χ1n) is 7.09. The Balaban J connectivity index is 1.72. The molecule has 2 atom stereocenters. The largest absolute Gasteiger partial charge is 0.375 e. The topological polar surface area (TPSA) is 48.1 Å². The van der Waals surface area contributed by atoms with Crippen LogP contribution in [-0.2, 0) is 4.74 Å². The zero-order valence-corrected chi connectivity index (χ0v) is 10.8. The van der Waals surface area contributed by atoms with Gasteiger partial charge in [0.2, 0.25) is 0 Å². The molecule has 1 spiro atoms. The van der Waals surface area contributed by atoms with Gasteiger partial charge < -0.3 is 10.5 Å². The van der Waals surface area contributed by atoms with E-state index in [2.05, 4.69) is 4.98 Å². The van der Waals surface area contributed by atoms with Crippen molar-refractivity contribution in [2.24, 2.45) is 11.7 Å². The fraction of sp³-hybridized carbons (Fsp3) is 0.667. The third-order valence-electron chi connectivity index (χ3n) is 4.64. The Labute approximate surface area is 109 Å². The van der Waals surface area contributed by atoms with Crippen molar-refractivity contribution in [3.8, 4) is 0 Å². The second kappa shape index (κ2) is 4.98. The zero-order valence-electron chi connectivity index (χ0n) is 10.8. The molecule has 0 radical (unpaired) electrons. The fourth-order valence-corrected chi connectivity index (χ4v) is 3.60. The molecule has 18 heavy (non-hydrogen) atoms. The van der Waals surface area contributed by atoms with Crippen LogP contribution in [0.4, 0.5) is 0 Å². The molecule has 1 aliphatic carbocycles. The number of hydrogen-bond acceptors (Lipinski definition) is 3. The van der Waals surface area contributed by atoms with Gasteiger partial charge in [0.25, 0.3) is 0 Å². The first-order chi connectivity index (χ1) is 8.79. The van der Waals surface area contributed by atoms with E-state index in [1.54, 1.807) is 0 Å². The van der Waals surface area contributed by atoms with E-state index < -0.39 is 0 Å². The highest BCUT2D eigenvalue weighted by atomic mass is 16.5. The van der Waals surface area contributed by atoms with E-state index in [4.69, 9.17) is 10.5 Å². The molecule has 0 amide bonds. The summed E-state index contributed by atoms with van der Waals surface area (Å²) in [6.45, 7) is 0.878. The van der Waals surface area contributed by atoms with Crippen molar-refractivity contribution in [2.45, 2.75) is 50.2 Å². The van der Waals surface area contributed by atoms with Crippen LogP contribution in [0.2, 0.25) is 0 Å². The van der Waals surface area contributed by atoms with Crippen molar-refractivity contribution < 1.29 is 4.74 Å². The molecule has 1 aromatic heterocycles. The van der Waals surface area contributed by atoms with Crippen molar-refractivity contribution in [1.29, 1.82) is 0 Å². The average molecular weight is 246 g/mol. The molecule has 0 aromatic carbocycles. The molecular weight excluding hydrogens is 224 g/mol. The summed E-state index contributed by atoms with van der Waals surface area (Å²) in [7, 11) is 0. The summed E-state index contributed by atoms with van der Waals surface area (Å²) in [6.07, 6.45) is 11.0. The second-order valence-electron chi connectivity index (χ2n) is 5.80. The van der Waals surface area contributed by atoms with E-state index in [9.17, 15) is 0 Å². The summed E-state index contributed by atoms with van der Waals surface area (Å²) in [5.41, 5.74) is 7.81. The van der Waals surface area contributed by atoms with Gasteiger partial charge in [0, 0.05) is 25.0 Å². The minimum atomic E-state index is 0.134. The summed E-state index contributed by atoms with van der Waals surface area (Å²) in [5.74, 6) is 0.555. The van der Waals surface area contributed by atoms with E-state index in [-0.39, 0.29) is 11.6 Å². The number of hydrogen-bond donors (Lipinski definition) is 1. The summed E-state index contributed by atoms with van der Waals surface area (Å²) >= 11 is 0. The molecule has 2 unspecified atom stereocenters. The molecule has 3 nitrogen and oxygen atoms in total. The van der Waals surface area contributed by atoms with E-state index in [0.29, 0.717) is 5.92 Å². The van der Waals surface area contributed by atoms with Gasteiger partial charge >= 0.3 is 0 Å². The highest BCUT2D eigenvalue weighted by molar-refractivity contribution is 5.16. The number of pyridine rings is 1. The highest BCUT2D eigenvalue weighted by Crippen LogP contribution is 2.44. The molecule has 1 saturated carbocycles. The number of nitrogens with two attached hydrogens (primary N) is 1. The monoisotopic (exact) mass is 246 g/mol. The predicted octanol–water partition coefficient (Wildman–Crippen LogP) is 2.82.